The molecule has 2 N–H and O–H groups in total. The van der Waals surface area contributed by atoms with Crippen molar-refractivity contribution >= 4 is 18.3 Å². The lowest BCUT2D eigenvalue weighted by Gasteiger charge is -2.32. The highest BCUT2D eigenvalue weighted by Gasteiger charge is 2.22. The summed E-state index contributed by atoms with van der Waals surface area (Å²) in [6.07, 6.45) is 2.96. The number of nitrogens with two attached hydrogens (primary N) is 1. The van der Waals surface area contributed by atoms with Gasteiger partial charge in [0.2, 0.25) is 5.91 Å². The predicted molar refractivity (Wildman–Crippen MR) is 92.6 cm³/mol. The summed E-state index contributed by atoms with van der Waals surface area (Å²) in [5, 5.41) is 0. The highest BCUT2D eigenvalue weighted by atomic mass is 35.5. The van der Waals surface area contributed by atoms with Crippen LogP contribution >= 0.6 is 12.4 Å². The second-order valence-electron chi connectivity index (χ2n) is 5.57. The van der Waals surface area contributed by atoms with Gasteiger partial charge in [0, 0.05) is 19.7 Å². The van der Waals surface area contributed by atoms with Gasteiger partial charge in [-0.05, 0) is 31.4 Å². The van der Waals surface area contributed by atoms with Gasteiger partial charge in [0.15, 0.2) is 0 Å². The summed E-state index contributed by atoms with van der Waals surface area (Å²) < 4.78 is 11.2. The maximum absolute atomic E-state index is 12.1. The predicted octanol–water partition coefficient (Wildman–Crippen LogP) is 1.98. The second kappa shape index (κ2) is 11.4. The third kappa shape index (κ3) is 7.31. The van der Waals surface area contributed by atoms with Crippen molar-refractivity contribution in [1.29, 1.82) is 0 Å². The molecular formula is C17H27ClN2O3. The zero-order chi connectivity index (χ0) is 15.6. The molecule has 5 nitrogen and oxygen atoms in total. The van der Waals surface area contributed by atoms with E-state index in [2.05, 4.69) is 0 Å². The van der Waals surface area contributed by atoms with Crippen molar-refractivity contribution in [2.24, 2.45) is 5.73 Å². The highest BCUT2D eigenvalue weighted by molar-refractivity contribution is 5.85. The van der Waals surface area contributed by atoms with E-state index < -0.39 is 0 Å². The number of nitrogens with zero attached hydrogens (tertiary/aromatic N) is 1. The van der Waals surface area contributed by atoms with Crippen molar-refractivity contribution in [3.63, 3.8) is 0 Å². The minimum atomic E-state index is 0. The van der Waals surface area contributed by atoms with E-state index in [0.29, 0.717) is 13.2 Å². The van der Waals surface area contributed by atoms with Crippen molar-refractivity contribution in [2.45, 2.75) is 32.0 Å². The Bertz CT molecular complexity index is 437. The van der Waals surface area contributed by atoms with Gasteiger partial charge >= 0.3 is 0 Å². The Labute approximate surface area is 144 Å². The first-order valence-electron chi connectivity index (χ1n) is 8.00. The number of carbonyl (C=O) groups is 1. The molecule has 130 valence electrons. The number of halogens is 1. The van der Waals surface area contributed by atoms with Crippen LogP contribution in [0.1, 0.15) is 24.8 Å². The number of piperidine rings is 1. The smallest absolute Gasteiger partial charge is 0.248 e. The summed E-state index contributed by atoms with van der Waals surface area (Å²) in [4.78, 5) is 14.0. The lowest BCUT2D eigenvalue weighted by atomic mass is 10.1. The molecule has 1 fully saturated rings. The summed E-state index contributed by atoms with van der Waals surface area (Å²) >= 11 is 0. The number of likely N-dealkylation sites (tertiary alicyclic amines) is 1. The van der Waals surface area contributed by atoms with Crippen LogP contribution in [-0.2, 0) is 20.9 Å². The summed E-state index contributed by atoms with van der Waals surface area (Å²) in [6, 6.07) is 9.89. The Kier molecular flexibility index (Phi) is 9.87. The van der Waals surface area contributed by atoms with Gasteiger partial charge < -0.3 is 20.1 Å². The Balaban J connectivity index is 0.00000264. The normalized spacial score (nSPS) is 15.3. The molecule has 0 unspecified atom stereocenters. The molecule has 1 aromatic rings. The largest absolute Gasteiger partial charge is 0.378 e. The number of ether oxygens (including phenoxy) is 2. The Morgan fingerprint density at radius 3 is 2.57 bits per heavy atom. The zero-order valence-electron chi connectivity index (χ0n) is 13.5. The van der Waals surface area contributed by atoms with E-state index >= 15 is 0 Å². The number of benzene rings is 1. The fraction of sp³-hybridized carbons (Fsp3) is 0.588. The number of carbonyl (C=O) groups excluding carboxylic acids is 1. The van der Waals surface area contributed by atoms with Crippen LogP contribution in [-0.4, -0.2) is 49.8 Å². The van der Waals surface area contributed by atoms with Gasteiger partial charge in [-0.25, -0.2) is 0 Å². The van der Waals surface area contributed by atoms with Crippen LogP contribution in [0.15, 0.2) is 30.3 Å². The molecule has 1 saturated heterocycles. The topological polar surface area (TPSA) is 64.8 Å². The Hall–Kier alpha value is -1.14. The van der Waals surface area contributed by atoms with Gasteiger partial charge in [-0.2, -0.15) is 0 Å². The van der Waals surface area contributed by atoms with Gasteiger partial charge in [-0.15, -0.1) is 12.4 Å². The molecule has 1 aliphatic rings. The van der Waals surface area contributed by atoms with Crippen LogP contribution in [0.2, 0.25) is 0 Å². The lowest BCUT2D eigenvalue weighted by Crippen LogP contribution is -2.42. The minimum absolute atomic E-state index is 0. The number of rotatable bonds is 8. The lowest BCUT2D eigenvalue weighted by molar-refractivity contribution is -0.139. The van der Waals surface area contributed by atoms with Crippen LogP contribution in [0.25, 0.3) is 0 Å². The monoisotopic (exact) mass is 342 g/mol. The molecule has 6 heteroatoms. The second-order valence-corrected chi connectivity index (χ2v) is 5.57. The minimum Gasteiger partial charge on any atom is -0.378 e. The van der Waals surface area contributed by atoms with Crippen LogP contribution in [0.3, 0.4) is 0 Å². The molecule has 1 aliphatic heterocycles. The van der Waals surface area contributed by atoms with Crippen LogP contribution < -0.4 is 5.73 Å². The molecule has 0 spiro atoms. The summed E-state index contributed by atoms with van der Waals surface area (Å²) in [5.41, 5.74) is 6.53. The molecule has 0 aromatic heterocycles. The maximum atomic E-state index is 12.1. The standard InChI is InChI=1S/C17H26N2O3.ClH/c18-9-4-12-22-16-7-10-19(11-8-16)17(20)14-21-13-15-5-2-1-3-6-15;/h1-3,5-6,16H,4,7-14,18H2;1H. The van der Waals surface area contributed by atoms with Crippen molar-refractivity contribution in [3.8, 4) is 0 Å². The van der Waals surface area contributed by atoms with Crippen LogP contribution in [0, 0.1) is 0 Å². The van der Waals surface area contributed by atoms with Crippen molar-refractivity contribution in [2.75, 3.05) is 32.8 Å². The van der Waals surface area contributed by atoms with E-state index in [1.54, 1.807) is 0 Å². The Morgan fingerprint density at radius 2 is 1.91 bits per heavy atom. The van der Waals surface area contributed by atoms with E-state index in [4.69, 9.17) is 15.2 Å². The zero-order valence-corrected chi connectivity index (χ0v) is 14.3. The molecule has 1 amide bonds. The average Bonchev–Trinajstić information content (AvgIpc) is 2.56. The first-order chi connectivity index (χ1) is 10.8. The number of hydrogen-bond acceptors (Lipinski definition) is 4. The Morgan fingerprint density at radius 1 is 1.22 bits per heavy atom. The average molecular weight is 343 g/mol. The SMILES string of the molecule is Cl.NCCCOC1CCN(C(=O)COCc2ccccc2)CC1. The van der Waals surface area contributed by atoms with E-state index in [1.807, 2.05) is 35.2 Å². The molecule has 0 saturated carbocycles. The van der Waals surface area contributed by atoms with E-state index in [0.717, 1.165) is 44.5 Å². The molecule has 23 heavy (non-hydrogen) atoms. The summed E-state index contributed by atoms with van der Waals surface area (Å²) in [6.45, 7) is 3.51. The summed E-state index contributed by atoms with van der Waals surface area (Å²) in [5.74, 6) is 0.0661. The van der Waals surface area contributed by atoms with Gasteiger partial charge in [0.25, 0.3) is 0 Å². The van der Waals surface area contributed by atoms with Crippen molar-refractivity contribution in [1.82, 2.24) is 4.90 Å². The quantitative estimate of drug-likeness (QED) is 0.734. The van der Waals surface area contributed by atoms with Crippen LogP contribution in [0.4, 0.5) is 0 Å². The van der Waals surface area contributed by atoms with Crippen molar-refractivity contribution < 1.29 is 14.3 Å². The van der Waals surface area contributed by atoms with Gasteiger partial charge in [-0.1, -0.05) is 30.3 Å². The van der Waals surface area contributed by atoms with E-state index in [1.165, 1.54) is 0 Å². The van der Waals surface area contributed by atoms with Gasteiger partial charge in [0.05, 0.1) is 12.7 Å². The molecule has 0 atom stereocenters. The molecule has 0 radical (unpaired) electrons. The fourth-order valence-corrected chi connectivity index (χ4v) is 2.53. The number of amides is 1. The molecule has 0 bridgehead atoms. The van der Waals surface area contributed by atoms with Crippen LogP contribution in [0.5, 0.6) is 0 Å². The molecule has 0 aliphatic carbocycles. The van der Waals surface area contributed by atoms with E-state index in [-0.39, 0.29) is 31.0 Å². The highest BCUT2D eigenvalue weighted by Crippen LogP contribution is 2.14. The third-order valence-electron chi connectivity index (χ3n) is 3.83. The third-order valence-corrected chi connectivity index (χ3v) is 3.83. The van der Waals surface area contributed by atoms with Crippen molar-refractivity contribution in [3.05, 3.63) is 35.9 Å². The summed E-state index contributed by atoms with van der Waals surface area (Å²) in [7, 11) is 0. The number of hydrogen-bond donors (Lipinski definition) is 1. The fourth-order valence-electron chi connectivity index (χ4n) is 2.53. The first-order valence-corrected chi connectivity index (χ1v) is 8.00. The molecule has 2 rings (SSSR count). The first kappa shape index (κ1) is 19.9. The molecular weight excluding hydrogens is 316 g/mol. The van der Waals surface area contributed by atoms with E-state index in [9.17, 15) is 4.79 Å². The van der Waals surface area contributed by atoms with Gasteiger partial charge in [-0.3, -0.25) is 4.79 Å². The molecule has 1 aromatic carbocycles. The van der Waals surface area contributed by atoms with Gasteiger partial charge in [0.1, 0.15) is 6.61 Å². The molecule has 1 heterocycles. The maximum Gasteiger partial charge on any atom is 0.248 e.